The lowest BCUT2D eigenvalue weighted by Crippen LogP contribution is -2.07. The number of carbonyl (C=O) groups is 1. The van der Waals surface area contributed by atoms with Crippen molar-refractivity contribution in [2.45, 2.75) is 58.9 Å². The maximum Gasteiger partial charge on any atom is 0.336 e. The van der Waals surface area contributed by atoms with E-state index in [0.29, 0.717) is 18.0 Å². The third-order valence-electron chi connectivity index (χ3n) is 4.93. The zero-order valence-corrected chi connectivity index (χ0v) is 17.3. The number of aryl methyl sites for hydroxylation is 1. The molecule has 6 heteroatoms. The van der Waals surface area contributed by atoms with Crippen LogP contribution in [0.5, 0.6) is 0 Å². The van der Waals surface area contributed by atoms with Gasteiger partial charge in [-0.05, 0) is 23.6 Å². The third-order valence-corrected chi connectivity index (χ3v) is 4.93. The standard InChI is InChI=1S/C23H28N4O2/c1-4-5-6-7-21-25-22(16(2)3)26-27(21)15-17-8-10-18(11-9-17)20-14-24-13-12-19(20)23(28)29/h8-14,16H,4-7,15H2,1-3H3,(H,28,29). The first-order valence-corrected chi connectivity index (χ1v) is 10.2. The van der Waals surface area contributed by atoms with E-state index in [-0.39, 0.29) is 5.56 Å². The van der Waals surface area contributed by atoms with E-state index in [4.69, 9.17) is 10.1 Å². The summed E-state index contributed by atoms with van der Waals surface area (Å²) in [6.07, 6.45) is 7.51. The highest BCUT2D eigenvalue weighted by atomic mass is 16.4. The molecule has 0 aliphatic heterocycles. The van der Waals surface area contributed by atoms with E-state index in [0.717, 1.165) is 35.6 Å². The fourth-order valence-corrected chi connectivity index (χ4v) is 3.26. The Hall–Kier alpha value is -3.02. The second kappa shape index (κ2) is 9.45. The van der Waals surface area contributed by atoms with E-state index in [9.17, 15) is 9.90 Å². The number of hydrogen-bond acceptors (Lipinski definition) is 4. The van der Waals surface area contributed by atoms with E-state index in [2.05, 4.69) is 25.8 Å². The van der Waals surface area contributed by atoms with Crippen LogP contribution in [0.25, 0.3) is 11.1 Å². The van der Waals surface area contributed by atoms with E-state index in [1.54, 1.807) is 6.20 Å². The normalized spacial score (nSPS) is 11.2. The van der Waals surface area contributed by atoms with Crippen molar-refractivity contribution in [3.05, 3.63) is 65.5 Å². The molecule has 1 aromatic carbocycles. The van der Waals surface area contributed by atoms with Gasteiger partial charge in [-0.3, -0.25) is 4.98 Å². The van der Waals surface area contributed by atoms with Crippen LogP contribution in [0.1, 0.15) is 73.5 Å². The Balaban J connectivity index is 1.82. The van der Waals surface area contributed by atoms with Gasteiger partial charge in [0.1, 0.15) is 5.82 Å². The molecule has 0 fully saturated rings. The molecule has 0 aliphatic rings. The summed E-state index contributed by atoms with van der Waals surface area (Å²) >= 11 is 0. The van der Waals surface area contributed by atoms with E-state index in [1.165, 1.54) is 25.1 Å². The summed E-state index contributed by atoms with van der Waals surface area (Å²) < 4.78 is 2.01. The summed E-state index contributed by atoms with van der Waals surface area (Å²) in [6.45, 7) is 7.07. The first-order valence-electron chi connectivity index (χ1n) is 10.2. The van der Waals surface area contributed by atoms with Gasteiger partial charge in [-0.1, -0.05) is 57.9 Å². The first-order chi connectivity index (χ1) is 14.0. The van der Waals surface area contributed by atoms with Crippen molar-refractivity contribution >= 4 is 5.97 Å². The predicted octanol–water partition coefficient (Wildman–Crippen LogP) is 4.94. The van der Waals surface area contributed by atoms with E-state index >= 15 is 0 Å². The molecule has 3 aromatic rings. The number of carboxylic acid groups (broad SMARTS) is 1. The van der Waals surface area contributed by atoms with Gasteiger partial charge in [0.2, 0.25) is 0 Å². The summed E-state index contributed by atoms with van der Waals surface area (Å²) in [6, 6.07) is 9.43. The summed E-state index contributed by atoms with van der Waals surface area (Å²) in [5.41, 5.74) is 2.81. The zero-order chi connectivity index (χ0) is 20.8. The van der Waals surface area contributed by atoms with Crippen molar-refractivity contribution in [3.8, 4) is 11.1 Å². The summed E-state index contributed by atoms with van der Waals surface area (Å²) in [5, 5.41) is 14.1. The van der Waals surface area contributed by atoms with Gasteiger partial charge in [0.25, 0.3) is 0 Å². The monoisotopic (exact) mass is 392 g/mol. The van der Waals surface area contributed by atoms with Gasteiger partial charge in [0.05, 0.1) is 12.1 Å². The molecular formula is C23H28N4O2. The molecule has 2 aromatic heterocycles. The van der Waals surface area contributed by atoms with Gasteiger partial charge in [0.15, 0.2) is 5.82 Å². The van der Waals surface area contributed by atoms with Crippen molar-refractivity contribution in [2.24, 2.45) is 0 Å². The largest absolute Gasteiger partial charge is 0.478 e. The quantitative estimate of drug-likeness (QED) is 0.522. The van der Waals surface area contributed by atoms with Gasteiger partial charge >= 0.3 is 5.97 Å². The minimum absolute atomic E-state index is 0.254. The lowest BCUT2D eigenvalue weighted by molar-refractivity contribution is 0.0697. The molecule has 0 radical (unpaired) electrons. The molecule has 3 rings (SSSR count). The highest BCUT2D eigenvalue weighted by molar-refractivity contribution is 5.95. The van der Waals surface area contributed by atoms with Crippen LogP contribution in [0.15, 0.2) is 42.7 Å². The molecular weight excluding hydrogens is 364 g/mol. The second-order valence-corrected chi connectivity index (χ2v) is 7.58. The molecule has 0 saturated carbocycles. The molecule has 152 valence electrons. The van der Waals surface area contributed by atoms with Gasteiger partial charge in [-0.25, -0.2) is 14.5 Å². The Kier molecular flexibility index (Phi) is 6.75. The van der Waals surface area contributed by atoms with Gasteiger partial charge in [0, 0.05) is 30.3 Å². The summed E-state index contributed by atoms with van der Waals surface area (Å²) in [4.78, 5) is 20.3. The fourth-order valence-electron chi connectivity index (χ4n) is 3.26. The van der Waals surface area contributed by atoms with Crippen LogP contribution in [-0.2, 0) is 13.0 Å². The molecule has 0 atom stereocenters. The number of pyridine rings is 1. The highest BCUT2D eigenvalue weighted by Gasteiger charge is 2.14. The number of aromatic nitrogens is 4. The molecule has 1 N–H and O–H groups in total. The van der Waals surface area contributed by atoms with Gasteiger partial charge in [-0.2, -0.15) is 5.10 Å². The molecule has 2 heterocycles. The van der Waals surface area contributed by atoms with Crippen LogP contribution < -0.4 is 0 Å². The van der Waals surface area contributed by atoms with Crippen molar-refractivity contribution in [1.29, 1.82) is 0 Å². The maximum atomic E-state index is 11.5. The van der Waals surface area contributed by atoms with Crippen LogP contribution >= 0.6 is 0 Å². The molecule has 0 amide bonds. The number of aromatic carboxylic acids is 1. The lowest BCUT2D eigenvalue weighted by atomic mass is 10.0. The summed E-state index contributed by atoms with van der Waals surface area (Å²) in [5.74, 6) is 1.26. The SMILES string of the molecule is CCCCCc1nc(C(C)C)nn1Cc1ccc(-c2cnccc2C(=O)O)cc1. The third kappa shape index (κ3) is 5.08. The molecule has 0 bridgehead atoms. The van der Waals surface area contributed by atoms with Gasteiger partial charge < -0.3 is 5.11 Å². The summed E-state index contributed by atoms with van der Waals surface area (Å²) in [7, 11) is 0. The number of hydrogen-bond donors (Lipinski definition) is 1. The molecule has 29 heavy (non-hydrogen) atoms. The Labute approximate surface area is 171 Å². The number of carboxylic acids is 1. The van der Waals surface area contributed by atoms with Crippen molar-refractivity contribution in [1.82, 2.24) is 19.7 Å². The number of unbranched alkanes of at least 4 members (excludes halogenated alkanes) is 2. The van der Waals surface area contributed by atoms with Crippen molar-refractivity contribution in [3.63, 3.8) is 0 Å². The Bertz CT molecular complexity index is 961. The maximum absolute atomic E-state index is 11.5. The molecule has 6 nitrogen and oxygen atoms in total. The smallest absolute Gasteiger partial charge is 0.336 e. The van der Waals surface area contributed by atoms with Crippen molar-refractivity contribution in [2.75, 3.05) is 0 Å². The van der Waals surface area contributed by atoms with Crippen LogP contribution in [0.3, 0.4) is 0 Å². The Morgan fingerprint density at radius 2 is 1.90 bits per heavy atom. The molecule has 0 saturated heterocycles. The minimum atomic E-state index is -0.952. The Morgan fingerprint density at radius 3 is 2.55 bits per heavy atom. The number of benzene rings is 1. The average Bonchev–Trinajstić information content (AvgIpc) is 3.12. The minimum Gasteiger partial charge on any atom is -0.478 e. The van der Waals surface area contributed by atoms with E-state index in [1.807, 2.05) is 28.9 Å². The highest BCUT2D eigenvalue weighted by Crippen LogP contribution is 2.24. The van der Waals surface area contributed by atoms with Crippen LogP contribution in [0.4, 0.5) is 0 Å². The Morgan fingerprint density at radius 1 is 1.14 bits per heavy atom. The van der Waals surface area contributed by atoms with Gasteiger partial charge in [-0.15, -0.1) is 0 Å². The van der Waals surface area contributed by atoms with Crippen LogP contribution in [0.2, 0.25) is 0 Å². The van der Waals surface area contributed by atoms with Crippen molar-refractivity contribution < 1.29 is 9.90 Å². The lowest BCUT2D eigenvalue weighted by Gasteiger charge is -2.09. The number of rotatable bonds is 9. The van der Waals surface area contributed by atoms with Crippen LogP contribution in [-0.4, -0.2) is 30.8 Å². The molecule has 0 unspecified atom stereocenters. The predicted molar refractivity (Wildman–Crippen MR) is 113 cm³/mol. The van der Waals surface area contributed by atoms with E-state index < -0.39 is 5.97 Å². The average molecular weight is 393 g/mol. The topological polar surface area (TPSA) is 80.9 Å². The number of nitrogens with zero attached hydrogens (tertiary/aromatic N) is 4. The first kappa shape index (κ1) is 20.7. The fraction of sp³-hybridized carbons (Fsp3) is 0.391. The van der Waals surface area contributed by atoms with Crippen LogP contribution in [0, 0.1) is 0 Å². The molecule has 0 aliphatic carbocycles. The molecule has 0 spiro atoms. The second-order valence-electron chi connectivity index (χ2n) is 7.58. The zero-order valence-electron chi connectivity index (χ0n) is 17.3.